The Balaban J connectivity index is 1.56. The van der Waals surface area contributed by atoms with Crippen LogP contribution in [-0.4, -0.2) is 29.3 Å². The number of rotatable bonds is 5. The fraction of sp³-hybridized carbons (Fsp3) is 0.238. The molecule has 0 fully saturated rings. The first kappa shape index (κ1) is 18.0. The first-order valence-corrected chi connectivity index (χ1v) is 8.98. The maximum atomic E-state index is 13.2. The number of amides is 1. The van der Waals surface area contributed by atoms with Crippen LogP contribution in [0.15, 0.2) is 54.6 Å². The topological polar surface area (TPSA) is 56.6 Å². The first-order chi connectivity index (χ1) is 13.6. The van der Waals surface area contributed by atoms with Crippen LogP contribution in [0.1, 0.15) is 29.1 Å². The molecule has 3 aromatic rings. The average molecular weight is 381 g/mol. The minimum Gasteiger partial charge on any atom is -0.493 e. The Morgan fingerprint density at radius 1 is 1.14 bits per heavy atom. The molecule has 1 aliphatic heterocycles. The second kappa shape index (κ2) is 7.34. The van der Waals surface area contributed by atoms with E-state index in [0.717, 1.165) is 0 Å². The minimum absolute atomic E-state index is 0.0160. The molecule has 0 bridgehead atoms. The van der Waals surface area contributed by atoms with Crippen LogP contribution in [0.25, 0.3) is 0 Å². The van der Waals surface area contributed by atoms with Gasteiger partial charge in [0.15, 0.2) is 11.5 Å². The average Bonchev–Trinajstić information content (AvgIpc) is 3.15. The van der Waals surface area contributed by atoms with E-state index < -0.39 is 0 Å². The molecule has 0 radical (unpaired) electrons. The van der Waals surface area contributed by atoms with Gasteiger partial charge in [-0.15, -0.1) is 0 Å². The number of para-hydroxylation sites is 2. The molecular weight excluding hydrogens is 361 g/mol. The molecule has 7 heteroatoms. The number of nitrogens with zero attached hydrogens (tertiary/aromatic N) is 3. The molecule has 4 rings (SSSR count). The summed E-state index contributed by atoms with van der Waals surface area (Å²) >= 11 is 0. The van der Waals surface area contributed by atoms with Crippen molar-refractivity contribution in [3.8, 4) is 11.5 Å². The molecular formula is C21H20FN3O3. The van der Waals surface area contributed by atoms with Gasteiger partial charge in [-0.05, 0) is 49.4 Å². The second-order valence-electron chi connectivity index (χ2n) is 6.65. The van der Waals surface area contributed by atoms with E-state index in [1.54, 1.807) is 34.9 Å². The Hall–Kier alpha value is -3.35. The van der Waals surface area contributed by atoms with Crippen molar-refractivity contribution in [3.05, 3.63) is 71.8 Å². The Morgan fingerprint density at radius 3 is 2.57 bits per heavy atom. The van der Waals surface area contributed by atoms with Crippen molar-refractivity contribution in [2.24, 2.45) is 0 Å². The summed E-state index contributed by atoms with van der Waals surface area (Å²) in [5.41, 5.74) is 1.81. The van der Waals surface area contributed by atoms with Gasteiger partial charge in [-0.25, -0.2) is 4.39 Å². The normalized spacial score (nSPS) is 16.0. The zero-order valence-corrected chi connectivity index (χ0v) is 15.6. The summed E-state index contributed by atoms with van der Waals surface area (Å²) < 4.78 is 26.0. The van der Waals surface area contributed by atoms with Gasteiger partial charge in [0.05, 0.1) is 13.2 Å². The summed E-state index contributed by atoms with van der Waals surface area (Å²) in [5.74, 6) is 0.754. The van der Waals surface area contributed by atoms with Gasteiger partial charge in [0.1, 0.15) is 23.8 Å². The zero-order chi connectivity index (χ0) is 19.7. The number of fused-ring (bicyclic) bond motifs is 1. The van der Waals surface area contributed by atoms with Gasteiger partial charge < -0.3 is 14.4 Å². The molecule has 0 spiro atoms. The highest BCUT2D eigenvalue weighted by molar-refractivity contribution is 6.05. The Morgan fingerprint density at radius 2 is 1.86 bits per heavy atom. The van der Waals surface area contributed by atoms with E-state index in [0.29, 0.717) is 35.1 Å². The lowest BCUT2D eigenvalue weighted by atomic mass is 10.1. The van der Waals surface area contributed by atoms with Gasteiger partial charge in [0, 0.05) is 12.2 Å². The molecule has 0 N–H and O–H groups in total. The lowest BCUT2D eigenvalue weighted by Crippen LogP contribution is -2.42. The molecule has 28 heavy (non-hydrogen) atoms. The molecule has 1 atom stereocenters. The van der Waals surface area contributed by atoms with Gasteiger partial charge in [0.25, 0.3) is 5.91 Å². The summed E-state index contributed by atoms with van der Waals surface area (Å²) in [6.07, 6.45) is 0. The summed E-state index contributed by atoms with van der Waals surface area (Å²) in [4.78, 5) is 14.6. The van der Waals surface area contributed by atoms with Crippen LogP contribution in [0.2, 0.25) is 0 Å². The van der Waals surface area contributed by atoms with Crippen molar-refractivity contribution in [2.75, 3.05) is 18.6 Å². The third-order valence-corrected chi connectivity index (χ3v) is 4.70. The molecule has 2 aromatic carbocycles. The fourth-order valence-corrected chi connectivity index (χ4v) is 3.31. The van der Waals surface area contributed by atoms with Crippen LogP contribution in [0, 0.1) is 5.82 Å². The number of hydrogen-bond acceptors (Lipinski definition) is 4. The second-order valence-corrected chi connectivity index (χ2v) is 6.65. The Bertz CT molecular complexity index is 1000. The highest BCUT2D eigenvalue weighted by atomic mass is 19.1. The standard InChI is InChI=1S/C21H20FN3O3/c1-14-12-24(17-9-7-15(22)8-10-17)21(26)18-11-16(23-25(14)18)13-28-20-6-4-3-5-19(20)27-2/h3-11,14H,12-13H2,1-2H3/t14-/m1/s1. The quantitative estimate of drug-likeness (QED) is 0.674. The summed E-state index contributed by atoms with van der Waals surface area (Å²) in [6, 6.07) is 15.0. The van der Waals surface area contributed by atoms with Gasteiger partial charge in [-0.2, -0.15) is 5.10 Å². The lowest BCUT2D eigenvalue weighted by molar-refractivity contribution is 0.0953. The van der Waals surface area contributed by atoms with E-state index in [1.165, 1.54) is 12.1 Å². The molecule has 0 aliphatic carbocycles. The van der Waals surface area contributed by atoms with Crippen LogP contribution in [0.3, 0.4) is 0 Å². The lowest BCUT2D eigenvalue weighted by Gasteiger charge is -2.31. The van der Waals surface area contributed by atoms with Crippen molar-refractivity contribution in [1.29, 1.82) is 0 Å². The largest absolute Gasteiger partial charge is 0.493 e. The maximum absolute atomic E-state index is 13.2. The van der Waals surface area contributed by atoms with E-state index in [-0.39, 0.29) is 24.4 Å². The zero-order valence-electron chi connectivity index (χ0n) is 15.6. The third kappa shape index (κ3) is 3.31. The van der Waals surface area contributed by atoms with Crippen LogP contribution in [0.5, 0.6) is 11.5 Å². The molecule has 6 nitrogen and oxygen atoms in total. The van der Waals surface area contributed by atoms with E-state index >= 15 is 0 Å². The van der Waals surface area contributed by atoms with Crippen LogP contribution in [0.4, 0.5) is 10.1 Å². The molecule has 144 valence electrons. The number of anilines is 1. The third-order valence-electron chi connectivity index (χ3n) is 4.70. The van der Waals surface area contributed by atoms with E-state index in [1.807, 2.05) is 31.2 Å². The van der Waals surface area contributed by atoms with Gasteiger partial charge in [-0.1, -0.05) is 12.1 Å². The van der Waals surface area contributed by atoms with Gasteiger partial charge in [-0.3, -0.25) is 9.48 Å². The molecule has 1 amide bonds. The number of hydrogen-bond donors (Lipinski definition) is 0. The predicted molar refractivity (Wildman–Crippen MR) is 102 cm³/mol. The van der Waals surface area contributed by atoms with Crippen molar-refractivity contribution in [2.45, 2.75) is 19.6 Å². The van der Waals surface area contributed by atoms with E-state index in [2.05, 4.69) is 5.10 Å². The van der Waals surface area contributed by atoms with Crippen molar-refractivity contribution < 1.29 is 18.7 Å². The Labute approximate surface area is 162 Å². The number of carbonyl (C=O) groups excluding carboxylic acids is 1. The van der Waals surface area contributed by atoms with E-state index in [9.17, 15) is 9.18 Å². The summed E-state index contributed by atoms with van der Waals surface area (Å²) in [7, 11) is 1.59. The maximum Gasteiger partial charge on any atom is 0.276 e. The highest BCUT2D eigenvalue weighted by Gasteiger charge is 2.31. The van der Waals surface area contributed by atoms with Crippen LogP contribution >= 0.6 is 0 Å². The number of benzene rings is 2. The SMILES string of the molecule is COc1ccccc1OCc1cc2n(n1)[C@H](C)CN(c1ccc(F)cc1)C2=O. The monoisotopic (exact) mass is 381 g/mol. The molecule has 0 saturated heterocycles. The van der Waals surface area contributed by atoms with Crippen molar-refractivity contribution in [3.63, 3.8) is 0 Å². The smallest absolute Gasteiger partial charge is 0.276 e. The molecule has 0 unspecified atom stereocenters. The predicted octanol–water partition coefficient (Wildman–Crippen LogP) is 3.83. The van der Waals surface area contributed by atoms with E-state index in [4.69, 9.17) is 9.47 Å². The molecule has 1 aliphatic rings. The summed E-state index contributed by atoms with van der Waals surface area (Å²) in [6.45, 7) is 2.67. The van der Waals surface area contributed by atoms with Crippen LogP contribution in [-0.2, 0) is 6.61 Å². The number of ether oxygens (including phenoxy) is 2. The number of methoxy groups -OCH3 is 1. The van der Waals surface area contributed by atoms with Crippen LogP contribution < -0.4 is 14.4 Å². The minimum atomic E-state index is -0.331. The number of halogens is 1. The molecule has 2 heterocycles. The number of aromatic nitrogens is 2. The summed E-state index contributed by atoms with van der Waals surface area (Å²) in [5, 5.41) is 4.54. The van der Waals surface area contributed by atoms with Gasteiger partial charge in [0.2, 0.25) is 0 Å². The van der Waals surface area contributed by atoms with Gasteiger partial charge >= 0.3 is 0 Å². The fourth-order valence-electron chi connectivity index (χ4n) is 3.31. The van der Waals surface area contributed by atoms with Crippen molar-refractivity contribution >= 4 is 11.6 Å². The first-order valence-electron chi connectivity index (χ1n) is 8.98. The molecule has 1 aromatic heterocycles. The highest BCUT2D eigenvalue weighted by Crippen LogP contribution is 2.29. The Kier molecular flexibility index (Phi) is 4.73. The van der Waals surface area contributed by atoms with Crippen molar-refractivity contribution in [1.82, 2.24) is 9.78 Å². The number of carbonyl (C=O) groups is 1. The molecule has 0 saturated carbocycles.